The zero-order chi connectivity index (χ0) is 12.7. The highest BCUT2D eigenvalue weighted by molar-refractivity contribution is 5.27. The number of ether oxygens (including phenoxy) is 1. The molecule has 1 atom stereocenters. The normalized spacial score (nSPS) is 12.8. The predicted molar refractivity (Wildman–Crippen MR) is 71.9 cm³/mol. The first kappa shape index (κ1) is 14.0. The SMILES string of the molecule is Cc1cccc(OCCC(CC(C)C)NN)c1. The van der Waals surface area contributed by atoms with Gasteiger partial charge >= 0.3 is 0 Å². The molecule has 1 aromatic rings. The summed E-state index contributed by atoms with van der Waals surface area (Å²) in [7, 11) is 0. The molecule has 3 nitrogen and oxygen atoms in total. The lowest BCUT2D eigenvalue weighted by Gasteiger charge is -2.18. The average Bonchev–Trinajstić information content (AvgIpc) is 2.27. The molecule has 1 aromatic carbocycles. The van der Waals surface area contributed by atoms with E-state index in [0.29, 0.717) is 18.6 Å². The number of nitrogens with one attached hydrogen (secondary N) is 1. The molecule has 0 saturated heterocycles. The van der Waals surface area contributed by atoms with Crippen LogP contribution in [-0.4, -0.2) is 12.6 Å². The van der Waals surface area contributed by atoms with Crippen LogP contribution in [0, 0.1) is 12.8 Å². The second-order valence-corrected chi connectivity index (χ2v) is 4.95. The van der Waals surface area contributed by atoms with Gasteiger partial charge in [0.1, 0.15) is 5.75 Å². The molecular formula is C14H24N2O. The molecule has 96 valence electrons. The van der Waals surface area contributed by atoms with Gasteiger partial charge in [-0.05, 0) is 43.4 Å². The van der Waals surface area contributed by atoms with Gasteiger partial charge in [0.25, 0.3) is 0 Å². The van der Waals surface area contributed by atoms with E-state index in [1.54, 1.807) is 0 Å². The number of rotatable bonds is 7. The van der Waals surface area contributed by atoms with E-state index in [1.807, 2.05) is 18.2 Å². The van der Waals surface area contributed by atoms with Crippen LogP contribution in [0.5, 0.6) is 5.75 Å². The number of hydrazine groups is 1. The molecule has 0 radical (unpaired) electrons. The van der Waals surface area contributed by atoms with E-state index in [4.69, 9.17) is 10.6 Å². The maximum absolute atomic E-state index is 5.71. The van der Waals surface area contributed by atoms with Crippen LogP contribution >= 0.6 is 0 Å². The summed E-state index contributed by atoms with van der Waals surface area (Å²) in [4.78, 5) is 0. The van der Waals surface area contributed by atoms with Crippen molar-refractivity contribution in [2.45, 2.75) is 39.7 Å². The van der Waals surface area contributed by atoms with Gasteiger partial charge in [-0.25, -0.2) is 0 Å². The third-order valence-electron chi connectivity index (χ3n) is 2.72. The maximum Gasteiger partial charge on any atom is 0.119 e. The Balaban J connectivity index is 2.31. The first-order chi connectivity index (χ1) is 8.11. The minimum Gasteiger partial charge on any atom is -0.494 e. The van der Waals surface area contributed by atoms with Gasteiger partial charge in [0, 0.05) is 6.04 Å². The van der Waals surface area contributed by atoms with E-state index >= 15 is 0 Å². The lowest BCUT2D eigenvalue weighted by Crippen LogP contribution is -2.37. The molecule has 0 aromatic heterocycles. The smallest absolute Gasteiger partial charge is 0.119 e. The van der Waals surface area contributed by atoms with Crippen molar-refractivity contribution >= 4 is 0 Å². The van der Waals surface area contributed by atoms with Gasteiger partial charge in [-0.15, -0.1) is 0 Å². The highest BCUT2D eigenvalue weighted by Gasteiger charge is 2.08. The van der Waals surface area contributed by atoms with Gasteiger partial charge in [-0.3, -0.25) is 11.3 Å². The molecule has 0 fully saturated rings. The first-order valence-corrected chi connectivity index (χ1v) is 6.27. The molecule has 1 rings (SSSR count). The van der Waals surface area contributed by atoms with Gasteiger partial charge in [0.15, 0.2) is 0 Å². The van der Waals surface area contributed by atoms with Gasteiger partial charge < -0.3 is 4.74 Å². The zero-order valence-electron chi connectivity index (χ0n) is 11.1. The van der Waals surface area contributed by atoms with Gasteiger partial charge in [-0.2, -0.15) is 0 Å². The Hall–Kier alpha value is -1.06. The Morgan fingerprint density at radius 1 is 1.35 bits per heavy atom. The Morgan fingerprint density at radius 2 is 2.12 bits per heavy atom. The summed E-state index contributed by atoms with van der Waals surface area (Å²) in [6.45, 7) is 7.17. The van der Waals surface area contributed by atoms with Crippen LogP contribution in [0.4, 0.5) is 0 Å². The summed E-state index contributed by atoms with van der Waals surface area (Å²) in [5.41, 5.74) is 4.07. The molecule has 3 heteroatoms. The lowest BCUT2D eigenvalue weighted by atomic mass is 10.0. The van der Waals surface area contributed by atoms with Crippen molar-refractivity contribution in [3.8, 4) is 5.75 Å². The molecule has 17 heavy (non-hydrogen) atoms. The molecule has 0 aliphatic carbocycles. The number of hydrogen-bond donors (Lipinski definition) is 2. The molecule has 3 N–H and O–H groups in total. The largest absolute Gasteiger partial charge is 0.494 e. The number of hydrogen-bond acceptors (Lipinski definition) is 3. The summed E-state index contributed by atoms with van der Waals surface area (Å²) in [6.07, 6.45) is 2.01. The second-order valence-electron chi connectivity index (χ2n) is 4.95. The van der Waals surface area contributed by atoms with Gasteiger partial charge in [0.05, 0.1) is 6.61 Å². The van der Waals surface area contributed by atoms with Gasteiger partial charge in [-0.1, -0.05) is 26.0 Å². The van der Waals surface area contributed by atoms with Crippen LogP contribution in [0.15, 0.2) is 24.3 Å². The van der Waals surface area contributed by atoms with Crippen LogP contribution in [0.3, 0.4) is 0 Å². The molecule has 0 aliphatic heterocycles. The lowest BCUT2D eigenvalue weighted by molar-refractivity contribution is 0.273. The van der Waals surface area contributed by atoms with E-state index in [-0.39, 0.29) is 0 Å². The van der Waals surface area contributed by atoms with Crippen LogP contribution in [0.25, 0.3) is 0 Å². The van der Waals surface area contributed by atoms with Crippen LogP contribution in [0.1, 0.15) is 32.3 Å². The van der Waals surface area contributed by atoms with Gasteiger partial charge in [0.2, 0.25) is 0 Å². The standard InChI is InChI=1S/C14H24N2O/c1-11(2)9-13(16-15)7-8-17-14-6-4-5-12(3)10-14/h4-6,10-11,13,16H,7-9,15H2,1-3H3. The molecule has 0 bridgehead atoms. The van der Waals surface area contributed by atoms with E-state index in [1.165, 1.54) is 5.56 Å². The average molecular weight is 236 g/mol. The highest BCUT2D eigenvalue weighted by atomic mass is 16.5. The van der Waals surface area contributed by atoms with Crippen molar-refractivity contribution in [3.05, 3.63) is 29.8 Å². The van der Waals surface area contributed by atoms with Crippen molar-refractivity contribution in [2.75, 3.05) is 6.61 Å². The second kappa shape index (κ2) is 7.30. The maximum atomic E-state index is 5.71. The third kappa shape index (κ3) is 5.71. The minimum atomic E-state index is 0.333. The van der Waals surface area contributed by atoms with E-state index in [9.17, 15) is 0 Å². The fourth-order valence-corrected chi connectivity index (χ4v) is 1.86. The quantitative estimate of drug-likeness (QED) is 0.565. The predicted octanol–water partition coefficient (Wildman–Crippen LogP) is 2.64. The third-order valence-corrected chi connectivity index (χ3v) is 2.72. The molecule has 0 amide bonds. The Bertz CT molecular complexity index is 326. The molecule has 0 saturated carbocycles. The molecule has 1 unspecified atom stereocenters. The van der Waals surface area contributed by atoms with Crippen molar-refractivity contribution < 1.29 is 4.74 Å². The summed E-state index contributed by atoms with van der Waals surface area (Å²) >= 11 is 0. The topological polar surface area (TPSA) is 47.3 Å². The van der Waals surface area contributed by atoms with Crippen LogP contribution < -0.4 is 16.0 Å². The number of benzene rings is 1. The number of aryl methyl sites for hydroxylation is 1. The fraction of sp³-hybridized carbons (Fsp3) is 0.571. The van der Waals surface area contributed by atoms with Crippen LogP contribution in [-0.2, 0) is 0 Å². The Labute approximate surface area is 104 Å². The van der Waals surface area contributed by atoms with Crippen molar-refractivity contribution in [1.82, 2.24) is 5.43 Å². The molecule has 0 aliphatic rings. The summed E-state index contributed by atoms with van der Waals surface area (Å²) in [5, 5.41) is 0. The zero-order valence-corrected chi connectivity index (χ0v) is 11.1. The Morgan fingerprint density at radius 3 is 2.71 bits per heavy atom. The van der Waals surface area contributed by atoms with Crippen molar-refractivity contribution in [1.29, 1.82) is 0 Å². The van der Waals surface area contributed by atoms with E-state index in [0.717, 1.165) is 18.6 Å². The number of nitrogens with two attached hydrogens (primary N) is 1. The summed E-state index contributed by atoms with van der Waals surface area (Å²) < 4.78 is 5.71. The highest BCUT2D eigenvalue weighted by Crippen LogP contribution is 2.13. The van der Waals surface area contributed by atoms with Crippen molar-refractivity contribution in [3.63, 3.8) is 0 Å². The summed E-state index contributed by atoms with van der Waals surface area (Å²) in [6, 6.07) is 8.45. The molecule has 0 spiro atoms. The molecule has 0 heterocycles. The van der Waals surface area contributed by atoms with E-state index < -0.39 is 0 Å². The first-order valence-electron chi connectivity index (χ1n) is 6.27. The fourth-order valence-electron chi connectivity index (χ4n) is 1.86. The summed E-state index contributed by atoms with van der Waals surface area (Å²) in [5.74, 6) is 7.10. The minimum absolute atomic E-state index is 0.333. The van der Waals surface area contributed by atoms with Crippen molar-refractivity contribution in [2.24, 2.45) is 11.8 Å². The Kier molecular flexibility index (Phi) is 6.01. The molecular weight excluding hydrogens is 212 g/mol. The van der Waals surface area contributed by atoms with E-state index in [2.05, 4.69) is 32.3 Å². The van der Waals surface area contributed by atoms with Crippen LogP contribution in [0.2, 0.25) is 0 Å². The monoisotopic (exact) mass is 236 g/mol.